The zero-order chi connectivity index (χ0) is 11.7. The summed E-state index contributed by atoms with van der Waals surface area (Å²) in [6.45, 7) is 6.58. The third-order valence-electron chi connectivity index (χ3n) is 1.54. The number of hydrogen-bond acceptors (Lipinski definition) is 4. The van der Waals surface area contributed by atoms with Gasteiger partial charge in [-0.2, -0.15) is 0 Å². The molecule has 0 aliphatic rings. The minimum Gasteiger partial charge on any atom is -0.493 e. The fourth-order valence-electron chi connectivity index (χ4n) is 1.02. The second-order valence-electron chi connectivity index (χ2n) is 3.08. The summed E-state index contributed by atoms with van der Waals surface area (Å²) in [5.41, 5.74) is 1.62. The van der Waals surface area contributed by atoms with Crippen molar-refractivity contribution < 1.29 is 9.47 Å². The van der Waals surface area contributed by atoms with E-state index < -0.39 is 0 Å². The van der Waals surface area contributed by atoms with Crippen molar-refractivity contribution >= 4 is 0 Å². The van der Waals surface area contributed by atoms with Gasteiger partial charge in [-0.1, -0.05) is 20.3 Å². The Morgan fingerprint density at radius 1 is 1.20 bits per heavy atom. The lowest BCUT2D eigenvalue weighted by Gasteiger charge is -2.07. The van der Waals surface area contributed by atoms with Crippen LogP contribution in [0.25, 0.3) is 0 Å². The van der Waals surface area contributed by atoms with Crippen molar-refractivity contribution in [1.29, 1.82) is 0 Å². The van der Waals surface area contributed by atoms with Crippen molar-refractivity contribution in [2.75, 3.05) is 14.2 Å². The topological polar surface area (TPSA) is 44.2 Å². The van der Waals surface area contributed by atoms with E-state index in [1.165, 1.54) is 12.7 Å². The van der Waals surface area contributed by atoms with E-state index in [4.69, 9.17) is 9.47 Å². The summed E-state index contributed by atoms with van der Waals surface area (Å²) in [5, 5.41) is 0. The van der Waals surface area contributed by atoms with E-state index >= 15 is 0 Å². The zero-order valence-corrected chi connectivity index (χ0v) is 10.2. The van der Waals surface area contributed by atoms with Gasteiger partial charge in [0.2, 0.25) is 0 Å². The maximum Gasteiger partial charge on any atom is 0.163 e. The van der Waals surface area contributed by atoms with E-state index in [2.05, 4.69) is 23.8 Å². The highest BCUT2D eigenvalue weighted by molar-refractivity contribution is 5.30. The molecule has 0 aliphatic heterocycles. The number of methoxy groups -OCH3 is 2. The minimum absolute atomic E-state index is 0.451. The molecule has 0 aromatic carbocycles. The van der Waals surface area contributed by atoms with Gasteiger partial charge in [0.25, 0.3) is 0 Å². The lowest BCUT2D eigenvalue weighted by Crippen LogP contribution is -2.00. The van der Waals surface area contributed by atoms with Crippen molar-refractivity contribution in [3.63, 3.8) is 0 Å². The van der Waals surface area contributed by atoms with E-state index in [1.54, 1.807) is 14.2 Å². The molecule has 1 rings (SSSR count). The molecule has 1 aromatic heterocycles. The van der Waals surface area contributed by atoms with Gasteiger partial charge in [0.05, 0.1) is 19.4 Å². The van der Waals surface area contributed by atoms with Crippen LogP contribution in [0.5, 0.6) is 5.75 Å². The molecule has 0 N–H and O–H groups in total. The van der Waals surface area contributed by atoms with Crippen LogP contribution in [0.4, 0.5) is 0 Å². The molecule has 1 heterocycles. The second kappa shape index (κ2) is 8.17. The Bertz CT molecular complexity index is 277. The summed E-state index contributed by atoms with van der Waals surface area (Å²) in [4.78, 5) is 8.04. The number of nitrogens with zero attached hydrogens (tertiary/aromatic N) is 2. The lowest BCUT2D eigenvalue weighted by atomic mass is 10.3. The molecule has 0 unspecified atom stereocenters. The molecule has 0 aliphatic carbocycles. The molecule has 4 nitrogen and oxygen atoms in total. The van der Waals surface area contributed by atoms with E-state index in [-0.39, 0.29) is 0 Å². The summed E-state index contributed by atoms with van der Waals surface area (Å²) in [7, 11) is 3.22. The summed E-state index contributed by atoms with van der Waals surface area (Å²) >= 11 is 0. The second-order valence-corrected chi connectivity index (χ2v) is 3.08. The van der Waals surface area contributed by atoms with Crippen LogP contribution in [-0.2, 0) is 11.3 Å². The summed E-state index contributed by atoms with van der Waals surface area (Å²) in [6.07, 6.45) is 2.76. The third-order valence-corrected chi connectivity index (χ3v) is 1.54. The number of aryl methyl sites for hydroxylation is 1. The summed E-state index contributed by atoms with van der Waals surface area (Å²) < 4.78 is 10.1. The van der Waals surface area contributed by atoms with Crippen molar-refractivity contribution in [2.45, 2.75) is 33.8 Å². The van der Waals surface area contributed by atoms with Gasteiger partial charge in [0.15, 0.2) is 5.75 Å². The van der Waals surface area contributed by atoms with Crippen molar-refractivity contribution in [3.8, 4) is 5.75 Å². The van der Waals surface area contributed by atoms with Gasteiger partial charge >= 0.3 is 0 Å². The van der Waals surface area contributed by atoms with E-state index in [9.17, 15) is 0 Å². The van der Waals surface area contributed by atoms with Crippen LogP contribution < -0.4 is 4.74 Å². The van der Waals surface area contributed by atoms with Crippen LogP contribution >= 0.6 is 0 Å². The molecular weight excluding hydrogens is 192 g/mol. The van der Waals surface area contributed by atoms with Gasteiger partial charge in [0, 0.05) is 7.11 Å². The molecule has 0 amide bonds. The van der Waals surface area contributed by atoms with Crippen LogP contribution in [-0.4, -0.2) is 24.2 Å². The first-order valence-corrected chi connectivity index (χ1v) is 5.04. The predicted octanol–water partition coefficient (Wildman–Crippen LogP) is 2.36. The molecule has 1 aromatic rings. The van der Waals surface area contributed by atoms with Crippen LogP contribution in [0.3, 0.4) is 0 Å². The van der Waals surface area contributed by atoms with Gasteiger partial charge in [0.1, 0.15) is 12.0 Å². The van der Waals surface area contributed by atoms with Gasteiger partial charge < -0.3 is 9.47 Å². The highest BCUT2D eigenvalue weighted by atomic mass is 16.5. The number of hydrogen-bond donors (Lipinski definition) is 0. The van der Waals surface area contributed by atoms with E-state index in [0.717, 1.165) is 11.4 Å². The molecule has 0 bridgehead atoms. The zero-order valence-electron chi connectivity index (χ0n) is 10.2. The maximum atomic E-state index is 5.12. The molecule has 0 atom stereocenters. The number of rotatable bonds is 3. The first kappa shape index (κ1) is 13.8. The summed E-state index contributed by atoms with van der Waals surface area (Å²) in [5.74, 6) is 0.708. The predicted molar refractivity (Wildman–Crippen MR) is 60.0 cm³/mol. The van der Waals surface area contributed by atoms with Crippen LogP contribution in [0.15, 0.2) is 6.33 Å². The Labute approximate surface area is 91.7 Å². The first-order chi connectivity index (χ1) is 7.21. The Morgan fingerprint density at radius 2 is 1.80 bits per heavy atom. The van der Waals surface area contributed by atoms with Crippen molar-refractivity contribution in [3.05, 3.63) is 17.7 Å². The standard InChI is InChI=1S/C8H12N2O2.C3H8/c1-6-8(12-3)7(4-11-2)10-5-9-6;1-3-2/h5H,4H2,1-3H3;3H2,1-2H3. The molecular formula is C11H20N2O2. The first-order valence-electron chi connectivity index (χ1n) is 5.04. The Kier molecular flexibility index (Phi) is 7.54. The lowest BCUT2D eigenvalue weighted by molar-refractivity contribution is 0.177. The van der Waals surface area contributed by atoms with Crippen LogP contribution in [0, 0.1) is 6.92 Å². The molecule has 0 fully saturated rings. The normalized spacial score (nSPS) is 9.13. The van der Waals surface area contributed by atoms with Gasteiger partial charge in [-0.05, 0) is 6.92 Å². The SMILES string of the molecule is CCC.COCc1ncnc(C)c1OC. The largest absolute Gasteiger partial charge is 0.493 e. The molecule has 0 spiro atoms. The molecule has 0 saturated heterocycles. The minimum atomic E-state index is 0.451. The average molecular weight is 212 g/mol. The fraction of sp³-hybridized carbons (Fsp3) is 0.636. The monoisotopic (exact) mass is 212 g/mol. The van der Waals surface area contributed by atoms with Crippen molar-refractivity contribution in [2.24, 2.45) is 0 Å². The van der Waals surface area contributed by atoms with Gasteiger partial charge in [-0.3, -0.25) is 0 Å². The van der Waals surface area contributed by atoms with E-state index in [0.29, 0.717) is 12.4 Å². The number of aromatic nitrogens is 2. The molecule has 15 heavy (non-hydrogen) atoms. The van der Waals surface area contributed by atoms with Gasteiger partial charge in [-0.15, -0.1) is 0 Å². The fourth-order valence-corrected chi connectivity index (χ4v) is 1.02. The average Bonchev–Trinajstić information content (AvgIpc) is 2.20. The maximum absolute atomic E-state index is 5.12. The van der Waals surface area contributed by atoms with Crippen molar-refractivity contribution in [1.82, 2.24) is 9.97 Å². The molecule has 86 valence electrons. The Balaban J connectivity index is 0.000000583. The van der Waals surface area contributed by atoms with Crippen LogP contribution in [0.1, 0.15) is 31.7 Å². The van der Waals surface area contributed by atoms with Gasteiger partial charge in [-0.25, -0.2) is 9.97 Å². The highest BCUT2D eigenvalue weighted by Gasteiger charge is 2.06. The van der Waals surface area contributed by atoms with E-state index in [1.807, 2.05) is 6.92 Å². The quantitative estimate of drug-likeness (QED) is 0.771. The smallest absolute Gasteiger partial charge is 0.163 e. The molecule has 0 radical (unpaired) electrons. The molecule has 0 saturated carbocycles. The molecule has 4 heteroatoms. The van der Waals surface area contributed by atoms with Crippen LogP contribution in [0.2, 0.25) is 0 Å². The Morgan fingerprint density at radius 3 is 2.27 bits per heavy atom. The summed E-state index contributed by atoms with van der Waals surface area (Å²) in [6, 6.07) is 0. The third kappa shape index (κ3) is 4.74. The highest BCUT2D eigenvalue weighted by Crippen LogP contribution is 2.18. The number of ether oxygens (including phenoxy) is 2. The Hall–Kier alpha value is -1.16.